The predicted octanol–water partition coefficient (Wildman–Crippen LogP) is 4.18. The fourth-order valence-electron chi connectivity index (χ4n) is 9.58. The summed E-state index contributed by atoms with van der Waals surface area (Å²) in [5.74, 6) is -0.665. The van der Waals surface area contributed by atoms with Crippen molar-refractivity contribution in [3.05, 3.63) is 76.8 Å². The van der Waals surface area contributed by atoms with Crippen molar-refractivity contribution in [2.45, 2.75) is 44.6 Å². The molecule has 9 rings (SSSR count). The Morgan fingerprint density at radius 2 is 1.43 bits per heavy atom. The van der Waals surface area contributed by atoms with Gasteiger partial charge >= 0.3 is 0 Å². The van der Waals surface area contributed by atoms with Crippen LogP contribution in [0, 0.1) is 5.82 Å². The minimum atomic E-state index is -0.994. The van der Waals surface area contributed by atoms with Crippen molar-refractivity contribution >= 4 is 69.2 Å². The van der Waals surface area contributed by atoms with Gasteiger partial charge in [0.2, 0.25) is 17.7 Å². The second kappa shape index (κ2) is 22.2. The molecule has 5 aliphatic heterocycles. The number of hydrogen-bond donors (Lipinski definition) is 2. The molecule has 0 saturated carbocycles. The molecule has 0 aliphatic carbocycles. The van der Waals surface area contributed by atoms with Crippen LogP contribution in [-0.2, 0) is 19.1 Å². The van der Waals surface area contributed by atoms with Gasteiger partial charge in [-0.05, 0) is 74.7 Å². The van der Waals surface area contributed by atoms with Crippen LogP contribution in [0.2, 0.25) is 5.02 Å². The monoisotopic (exact) mass is 968 g/mol. The van der Waals surface area contributed by atoms with E-state index in [0.29, 0.717) is 61.2 Å². The number of aromatic nitrogens is 2. The number of benzene rings is 3. The normalized spacial score (nSPS) is 19.6. The number of morpholine rings is 1. The number of hydrogen-bond acceptors (Lipinski definition) is 15. The first-order valence-corrected chi connectivity index (χ1v) is 24.4. The van der Waals surface area contributed by atoms with Crippen molar-refractivity contribution in [3.63, 3.8) is 0 Å². The molecule has 1 unspecified atom stereocenters. The van der Waals surface area contributed by atoms with E-state index in [0.717, 1.165) is 120 Å². The van der Waals surface area contributed by atoms with Gasteiger partial charge in [-0.25, -0.2) is 14.4 Å². The Morgan fingerprint density at radius 3 is 2.14 bits per heavy atom. The largest absolute Gasteiger partial charge is 0.490 e. The quantitative estimate of drug-likeness (QED) is 0.107. The molecule has 0 bridgehead atoms. The number of halogens is 2. The summed E-state index contributed by atoms with van der Waals surface area (Å²) >= 11 is 6.05. The molecule has 366 valence electrons. The van der Waals surface area contributed by atoms with E-state index in [2.05, 4.69) is 40.2 Å². The van der Waals surface area contributed by atoms with Crippen LogP contribution in [0.1, 0.15) is 59.2 Å². The van der Waals surface area contributed by atoms with Crippen molar-refractivity contribution in [2.24, 2.45) is 0 Å². The van der Waals surface area contributed by atoms with E-state index >= 15 is 0 Å². The average molecular weight is 970 g/mol. The Kier molecular flexibility index (Phi) is 15.4. The van der Waals surface area contributed by atoms with Gasteiger partial charge in [0.25, 0.3) is 11.8 Å². The summed E-state index contributed by atoms with van der Waals surface area (Å²) in [6.07, 6.45) is 4.54. The van der Waals surface area contributed by atoms with Crippen LogP contribution >= 0.6 is 11.6 Å². The lowest BCUT2D eigenvalue weighted by atomic mass is 10.0. The van der Waals surface area contributed by atoms with Gasteiger partial charge in [-0.15, -0.1) is 0 Å². The standard InChI is InChI=1S/C49H58ClFN10O8/c50-38-28-33(5-8-39(38)51)54-46-37-30-42(68-24-3-13-58-22-26-67-27-23-58)43(31-40(37)52-32-53-46)69-25-2-12-57-16-20-60(21-17-57)45(63)4-1-11-56-14-18-59(19-15-56)34-6-7-35-36(29-34)49(66)61(48(35)65)41-9-10-44(62)55-47(41)64/h5-8,28-32,41H,1-4,9-27H2,(H,52,53,54)(H,55,62,64). The third-order valence-corrected chi connectivity index (χ3v) is 13.8. The zero-order valence-corrected chi connectivity index (χ0v) is 39.4. The molecule has 4 aromatic rings. The number of rotatable bonds is 18. The van der Waals surface area contributed by atoms with Crippen molar-refractivity contribution in [2.75, 3.05) is 122 Å². The third-order valence-electron chi connectivity index (χ3n) is 13.5. The second-order valence-electron chi connectivity index (χ2n) is 18.0. The van der Waals surface area contributed by atoms with E-state index in [1.807, 2.05) is 23.1 Å². The molecular weight excluding hydrogens is 911 g/mol. The number of amides is 5. The zero-order chi connectivity index (χ0) is 47.9. The number of imide groups is 2. The summed E-state index contributed by atoms with van der Waals surface area (Å²) in [4.78, 5) is 85.0. The van der Waals surface area contributed by atoms with Gasteiger partial charge in [0.15, 0.2) is 11.5 Å². The molecule has 6 heterocycles. The molecule has 69 heavy (non-hydrogen) atoms. The third kappa shape index (κ3) is 11.6. The van der Waals surface area contributed by atoms with Gasteiger partial charge in [0, 0.05) is 114 Å². The molecule has 4 fully saturated rings. The summed E-state index contributed by atoms with van der Waals surface area (Å²) in [5.41, 5.74) is 2.63. The Labute approximate surface area is 404 Å². The number of fused-ring (bicyclic) bond motifs is 2. The lowest BCUT2D eigenvalue weighted by Crippen LogP contribution is -2.54. The number of carbonyl (C=O) groups is 5. The SMILES string of the molecule is O=C1CCC(N2C(=O)c3ccc(N4CCN(CCCC(=O)N5CCN(CCCOc6cc7ncnc(Nc8ccc(F)c(Cl)c8)c7cc6OCCCN6CCOCC6)CC5)CC4)cc3C2=O)C(=O)N1. The number of nitrogens with one attached hydrogen (secondary N) is 2. The Morgan fingerprint density at radius 1 is 0.768 bits per heavy atom. The first kappa shape index (κ1) is 48.1. The molecule has 0 radical (unpaired) electrons. The molecular formula is C49H58ClFN10O8. The fraction of sp³-hybridized carbons (Fsp3) is 0.490. The highest BCUT2D eigenvalue weighted by Gasteiger charge is 2.45. The number of ether oxygens (including phenoxy) is 3. The first-order chi connectivity index (χ1) is 33.6. The molecule has 4 saturated heterocycles. The van der Waals surface area contributed by atoms with Crippen molar-refractivity contribution < 1.29 is 42.6 Å². The Hall–Kier alpha value is -5.99. The molecule has 5 amide bonds. The average Bonchev–Trinajstić information content (AvgIpc) is 3.61. The van der Waals surface area contributed by atoms with Gasteiger partial charge in [0.1, 0.15) is 24.0 Å². The lowest BCUT2D eigenvalue weighted by Gasteiger charge is -2.36. The molecule has 5 aliphatic rings. The number of nitrogens with zero attached hydrogens (tertiary/aromatic N) is 8. The summed E-state index contributed by atoms with van der Waals surface area (Å²) in [6.45, 7) is 12.8. The maximum absolute atomic E-state index is 13.9. The number of anilines is 3. The van der Waals surface area contributed by atoms with Gasteiger partial charge in [0.05, 0.1) is 48.1 Å². The van der Waals surface area contributed by atoms with Gasteiger partial charge < -0.3 is 29.3 Å². The summed E-state index contributed by atoms with van der Waals surface area (Å²) in [5, 5.41) is 6.20. The Balaban J connectivity index is 0.698. The highest BCUT2D eigenvalue weighted by molar-refractivity contribution is 6.31. The number of piperazine rings is 2. The van der Waals surface area contributed by atoms with Crippen molar-refractivity contribution in [3.8, 4) is 11.5 Å². The van der Waals surface area contributed by atoms with Crippen LogP contribution in [0.4, 0.5) is 21.6 Å². The van der Waals surface area contributed by atoms with Crippen LogP contribution in [0.15, 0.2) is 54.9 Å². The van der Waals surface area contributed by atoms with Crippen LogP contribution in [0.5, 0.6) is 11.5 Å². The zero-order valence-electron chi connectivity index (χ0n) is 38.6. The summed E-state index contributed by atoms with van der Waals surface area (Å²) in [7, 11) is 0. The molecule has 0 spiro atoms. The van der Waals surface area contributed by atoms with E-state index < -0.39 is 35.5 Å². The number of carbonyl (C=O) groups excluding carboxylic acids is 5. The van der Waals surface area contributed by atoms with E-state index in [9.17, 15) is 28.4 Å². The molecule has 18 nitrogen and oxygen atoms in total. The van der Waals surface area contributed by atoms with E-state index in [1.165, 1.54) is 18.5 Å². The molecule has 20 heteroatoms. The van der Waals surface area contributed by atoms with Crippen molar-refractivity contribution in [1.29, 1.82) is 0 Å². The van der Waals surface area contributed by atoms with Crippen LogP contribution in [-0.4, -0.2) is 182 Å². The van der Waals surface area contributed by atoms with E-state index in [-0.39, 0.29) is 34.9 Å². The van der Waals surface area contributed by atoms with Gasteiger partial charge in [-0.3, -0.25) is 48.9 Å². The maximum Gasteiger partial charge on any atom is 0.262 e. The molecule has 1 aromatic heterocycles. The number of piperidine rings is 1. The first-order valence-electron chi connectivity index (χ1n) is 24.0. The van der Waals surface area contributed by atoms with E-state index in [1.54, 1.807) is 18.2 Å². The highest BCUT2D eigenvalue weighted by atomic mass is 35.5. The van der Waals surface area contributed by atoms with Gasteiger partial charge in [-0.2, -0.15) is 0 Å². The van der Waals surface area contributed by atoms with Crippen molar-refractivity contribution in [1.82, 2.24) is 39.8 Å². The Bertz CT molecular complexity index is 2550. The molecule has 1 atom stereocenters. The van der Waals surface area contributed by atoms with Crippen LogP contribution in [0.3, 0.4) is 0 Å². The summed E-state index contributed by atoms with van der Waals surface area (Å²) < 4.78 is 32.1. The highest BCUT2D eigenvalue weighted by Crippen LogP contribution is 2.36. The maximum atomic E-state index is 13.9. The van der Waals surface area contributed by atoms with Gasteiger partial charge in [-0.1, -0.05) is 11.6 Å². The van der Waals surface area contributed by atoms with Crippen LogP contribution in [0.25, 0.3) is 10.9 Å². The molecule has 3 aromatic carbocycles. The minimum Gasteiger partial charge on any atom is -0.490 e. The van der Waals surface area contributed by atoms with Crippen LogP contribution < -0.4 is 25.0 Å². The topological polar surface area (TPSA) is 182 Å². The molecule has 2 N–H and O–H groups in total. The summed E-state index contributed by atoms with van der Waals surface area (Å²) in [6, 6.07) is 12.4. The predicted molar refractivity (Wildman–Crippen MR) is 256 cm³/mol. The fourth-order valence-corrected chi connectivity index (χ4v) is 9.76. The van der Waals surface area contributed by atoms with E-state index in [4.69, 9.17) is 25.8 Å². The lowest BCUT2D eigenvalue weighted by molar-refractivity contribution is -0.136. The smallest absolute Gasteiger partial charge is 0.262 e. The second-order valence-corrected chi connectivity index (χ2v) is 18.4. The minimum absolute atomic E-state index is 0.00654.